The third-order valence-corrected chi connectivity index (χ3v) is 4.67. The van der Waals surface area contributed by atoms with E-state index in [1.54, 1.807) is 7.11 Å². The fourth-order valence-corrected chi connectivity index (χ4v) is 3.46. The van der Waals surface area contributed by atoms with Crippen LogP contribution in [0.5, 0.6) is 5.75 Å². The molecule has 1 aliphatic carbocycles. The fraction of sp³-hybridized carbons (Fsp3) is 0.706. The highest BCUT2D eigenvalue weighted by molar-refractivity contribution is 5.41. The molecule has 1 fully saturated rings. The van der Waals surface area contributed by atoms with Crippen molar-refractivity contribution in [3.05, 3.63) is 23.0 Å². The molecular formula is C17H28N2O. The van der Waals surface area contributed by atoms with Crippen molar-refractivity contribution in [2.45, 2.75) is 58.4 Å². The zero-order chi connectivity index (χ0) is 14.5. The first-order valence-corrected chi connectivity index (χ1v) is 7.82. The first-order chi connectivity index (χ1) is 9.65. The molecule has 0 radical (unpaired) electrons. The Bertz CT molecular complexity index is 445. The lowest BCUT2D eigenvalue weighted by atomic mass is 9.91. The Hall–Kier alpha value is -1.09. The molecule has 1 aromatic heterocycles. The third-order valence-electron chi connectivity index (χ3n) is 4.67. The van der Waals surface area contributed by atoms with Crippen LogP contribution in [-0.2, 0) is 6.42 Å². The first-order valence-electron chi connectivity index (χ1n) is 7.82. The predicted octanol–water partition coefficient (Wildman–Crippen LogP) is 3.42. The summed E-state index contributed by atoms with van der Waals surface area (Å²) in [5, 5.41) is 3.46. The van der Waals surface area contributed by atoms with Crippen molar-refractivity contribution in [2.24, 2.45) is 5.92 Å². The van der Waals surface area contributed by atoms with E-state index in [4.69, 9.17) is 4.74 Å². The highest BCUT2D eigenvalue weighted by Gasteiger charge is 2.21. The van der Waals surface area contributed by atoms with E-state index in [0.29, 0.717) is 6.04 Å². The van der Waals surface area contributed by atoms with E-state index < -0.39 is 0 Å². The second kappa shape index (κ2) is 7.07. The van der Waals surface area contributed by atoms with Gasteiger partial charge in [0.15, 0.2) is 0 Å². The summed E-state index contributed by atoms with van der Waals surface area (Å²) in [6.07, 6.45) is 9.66. The lowest BCUT2D eigenvalue weighted by Crippen LogP contribution is -2.27. The van der Waals surface area contributed by atoms with Gasteiger partial charge in [0.05, 0.1) is 7.11 Å². The maximum atomic E-state index is 5.52. The Labute approximate surface area is 123 Å². The molecule has 3 heteroatoms. The smallest absolute Gasteiger partial charge is 0.128 e. The second-order valence-corrected chi connectivity index (χ2v) is 6.12. The van der Waals surface area contributed by atoms with Crippen LogP contribution < -0.4 is 10.1 Å². The van der Waals surface area contributed by atoms with E-state index in [1.165, 1.54) is 43.4 Å². The van der Waals surface area contributed by atoms with E-state index in [-0.39, 0.29) is 0 Å². The van der Waals surface area contributed by atoms with Gasteiger partial charge in [-0.1, -0.05) is 19.3 Å². The number of rotatable bonds is 4. The van der Waals surface area contributed by atoms with Crippen molar-refractivity contribution < 1.29 is 4.74 Å². The molecule has 20 heavy (non-hydrogen) atoms. The van der Waals surface area contributed by atoms with Crippen molar-refractivity contribution in [3.8, 4) is 5.75 Å². The maximum absolute atomic E-state index is 5.52. The summed E-state index contributed by atoms with van der Waals surface area (Å²) >= 11 is 0. The molecule has 0 bridgehead atoms. The molecule has 3 nitrogen and oxygen atoms in total. The predicted molar refractivity (Wildman–Crippen MR) is 83.4 cm³/mol. The summed E-state index contributed by atoms with van der Waals surface area (Å²) in [6.45, 7) is 4.20. The standard InChI is InChI=1S/C17H28N2O/c1-12-11-19-16(13(2)17(12)20-4)10-14-7-5-6-8-15(9-14)18-3/h11,14-15,18H,5-10H2,1-4H3. The minimum atomic E-state index is 0.676. The Morgan fingerprint density at radius 3 is 2.75 bits per heavy atom. The van der Waals surface area contributed by atoms with Crippen LogP contribution in [0, 0.1) is 19.8 Å². The lowest BCUT2D eigenvalue weighted by molar-refractivity contribution is 0.390. The molecular weight excluding hydrogens is 248 g/mol. The van der Waals surface area contributed by atoms with Gasteiger partial charge in [0.25, 0.3) is 0 Å². The normalized spacial score (nSPS) is 23.4. The summed E-state index contributed by atoms with van der Waals surface area (Å²) in [7, 11) is 3.84. The van der Waals surface area contributed by atoms with Gasteiger partial charge >= 0.3 is 0 Å². The van der Waals surface area contributed by atoms with Gasteiger partial charge in [0, 0.05) is 29.1 Å². The molecule has 1 aliphatic rings. The van der Waals surface area contributed by atoms with Gasteiger partial charge in [-0.05, 0) is 46.1 Å². The van der Waals surface area contributed by atoms with Crippen LogP contribution >= 0.6 is 0 Å². The van der Waals surface area contributed by atoms with Crippen molar-refractivity contribution in [1.82, 2.24) is 10.3 Å². The minimum absolute atomic E-state index is 0.676. The zero-order valence-electron chi connectivity index (χ0n) is 13.3. The van der Waals surface area contributed by atoms with Gasteiger partial charge in [0.2, 0.25) is 0 Å². The SMILES string of the molecule is CNC1CCCCC(Cc2ncc(C)c(OC)c2C)C1. The van der Waals surface area contributed by atoms with E-state index in [9.17, 15) is 0 Å². The van der Waals surface area contributed by atoms with Gasteiger partial charge in [-0.25, -0.2) is 0 Å². The van der Waals surface area contributed by atoms with Crippen molar-refractivity contribution in [1.29, 1.82) is 0 Å². The average molecular weight is 276 g/mol. The Kier molecular flexibility index (Phi) is 5.41. The number of nitrogens with one attached hydrogen (secondary N) is 1. The number of pyridine rings is 1. The molecule has 2 rings (SSSR count). The monoisotopic (exact) mass is 276 g/mol. The van der Waals surface area contributed by atoms with Crippen molar-refractivity contribution >= 4 is 0 Å². The van der Waals surface area contributed by atoms with E-state index in [2.05, 4.69) is 31.2 Å². The van der Waals surface area contributed by atoms with Crippen LogP contribution in [0.2, 0.25) is 0 Å². The summed E-state index contributed by atoms with van der Waals surface area (Å²) < 4.78 is 5.52. The van der Waals surface area contributed by atoms with Gasteiger partial charge in [-0.2, -0.15) is 0 Å². The van der Waals surface area contributed by atoms with E-state index >= 15 is 0 Å². The molecule has 0 spiro atoms. The Balaban J connectivity index is 2.12. The maximum Gasteiger partial charge on any atom is 0.128 e. The molecule has 0 amide bonds. The van der Waals surface area contributed by atoms with Gasteiger partial charge < -0.3 is 10.1 Å². The van der Waals surface area contributed by atoms with Crippen LogP contribution in [0.1, 0.15) is 48.9 Å². The Morgan fingerprint density at radius 2 is 2.05 bits per heavy atom. The quantitative estimate of drug-likeness (QED) is 0.856. The molecule has 0 aromatic carbocycles. The molecule has 2 unspecified atom stereocenters. The fourth-order valence-electron chi connectivity index (χ4n) is 3.46. The van der Waals surface area contributed by atoms with Crippen molar-refractivity contribution in [2.75, 3.05) is 14.2 Å². The highest BCUT2D eigenvalue weighted by Crippen LogP contribution is 2.30. The molecule has 2 atom stereocenters. The van der Waals surface area contributed by atoms with E-state index in [1.807, 2.05) is 6.20 Å². The van der Waals surface area contributed by atoms with Crippen LogP contribution in [-0.4, -0.2) is 25.2 Å². The summed E-state index contributed by atoms with van der Waals surface area (Å²) in [6, 6.07) is 0.676. The van der Waals surface area contributed by atoms with Gasteiger partial charge in [-0.15, -0.1) is 0 Å². The first kappa shape index (κ1) is 15.3. The molecule has 1 saturated carbocycles. The lowest BCUT2D eigenvalue weighted by Gasteiger charge is -2.21. The number of aryl methyl sites for hydroxylation is 1. The number of hydrogen-bond acceptors (Lipinski definition) is 3. The molecule has 1 heterocycles. The molecule has 0 aliphatic heterocycles. The summed E-state index contributed by atoms with van der Waals surface area (Å²) in [5.74, 6) is 1.75. The van der Waals surface area contributed by atoms with E-state index in [0.717, 1.165) is 23.7 Å². The largest absolute Gasteiger partial charge is 0.496 e. The van der Waals surface area contributed by atoms with Gasteiger partial charge in [-0.3, -0.25) is 4.98 Å². The molecule has 112 valence electrons. The van der Waals surface area contributed by atoms with Crippen LogP contribution in [0.25, 0.3) is 0 Å². The molecule has 1 N–H and O–H groups in total. The third kappa shape index (κ3) is 3.51. The number of ether oxygens (including phenoxy) is 1. The van der Waals surface area contributed by atoms with Gasteiger partial charge in [0.1, 0.15) is 5.75 Å². The number of aromatic nitrogens is 1. The van der Waals surface area contributed by atoms with Crippen molar-refractivity contribution in [3.63, 3.8) is 0 Å². The second-order valence-electron chi connectivity index (χ2n) is 6.12. The number of methoxy groups -OCH3 is 1. The van der Waals surface area contributed by atoms with Crippen LogP contribution in [0.3, 0.4) is 0 Å². The van der Waals surface area contributed by atoms with Crippen LogP contribution in [0.15, 0.2) is 6.20 Å². The highest BCUT2D eigenvalue weighted by atomic mass is 16.5. The Morgan fingerprint density at radius 1 is 1.30 bits per heavy atom. The van der Waals surface area contributed by atoms with Crippen LogP contribution in [0.4, 0.5) is 0 Å². The minimum Gasteiger partial charge on any atom is -0.496 e. The summed E-state index contributed by atoms with van der Waals surface area (Å²) in [4.78, 5) is 4.66. The number of hydrogen-bond donors (Lipinski definition) is 1. The summed E-state index contributed by atoms with van der Waals surface area (Å²) in [5.41, 5.74) is 3.56. The topological polar surface area (TPSA) is 34.2 Å². The molecule has 1 aromatic rings. The number of nitrogens with zero attached hydrogens (tertiary/aromatic N) is 1. The molecule has 0 saturated heterocycles. The average Bonchev–Trinajstić information content (AvgIpc) is 2.68. The zero-order valence-corrected chi connectivity index (χ0v) is 13.3.